The smallest absolute Gasteiger partial charge is 0.307 e. The first-order chi connectivity index (χ1) is 12.9. The molecule has 1 aliphatic carbocycles. The number of benzene rings is 1. The van der Waals surface area contributed by atoms with Gasteiger partial charge in [0.05, 0.1) is 11.8 Å². The summed E-state index contributed by atoms with van der Waals surface area (Å²) in [6, 6.07) is 6.27. The second kappa shape index (κ2) is 9.70. The van der Waals surface area contributed by atoms with Crippen LogP contribution in [0.2, 0.25) is 0 Å². The summed E-state index contributed by atoms with van der Waals surface area (Å²) in [5, 5.41) is 12.0. The van der Waals surface area contributed by atoms with Crippen molar-refractivity contribution in [2.45, 2.75) is 45.4 Å². The Hall–Kier alpha value is -2.90. The van der Waals surface area contributed by atoms with E-state index < -0.39 is 29.6 Å². The molecule has 8 nitrogen and oxygen atoms in total. The van der Waals surface area contributed by atoms with Crippen LogP contribution in [0.3, 0.4) is 0 Å². The van der Waals surface area contributed by atoms with Crippen molar-refractivity contribution in [3.05, 3.63) is 29.8 Å². The molecule has 146 valence electrons. The molecule has 0 aromatic heterocycles. The predicted molar refractivity (Wildman–Crippen MR) is 98.7 cm³/mol. The number of anilines is 1. The fourth-order valence-corrected chi connectivity index (χ4v) is 3.18. The second-order valence-corrected chi connectivity index (χ2v) is 6.65. The first-order valence-electron chi connectivity index (χ1n) is 9.15. The Bertz CT molecular complexity index is 702. The number of amides is 3. The minimum atomic E-state index is -0.984. The standard InChI is InChI=1S/C19H25N3O5/c1-2-5-16(23)20-13-10-8-12(9-11-13)17(24)21-22-18(25)14-6-3-4-7-15(14)19(26)27/h8-11,14-15H,2-7H2,1H3,(H,20,23)(H,21,24)(H,22,25)(H,26,27)/t14-,15+/m1/s1. The predicted octanol–water partition coefficient (Wildman–Crippen LogP) is 2.08. The van der Waals surface area contributed by atoms with E-state index in [1.54, 1.807) is 12.1 Å². The molecule has 0 heterocycles. The summed E-state index contributed by atoms with van der Waals surface area (Å²) in [4.78, 5) is 47.2. The van der Waals surface area contributed by atoms with Gasteiger partial charge in [0, 0.05) is 17.7 Å². The van der Waals surface area contributed by atoms with Gasteiger partial charge in [-0.25, -0.2) is 0 Å². The van der Waals surface area contributed by atoms with Gasteiger partial charge in [-0.1, -0.05) is 19.8 Å². The highest BCUT2D eigenvalue weighted by Crippen LogP contribution is 2.30. The molecule has 4 N–H and O–H groups in total. The largest absolute Gasteiger partial charge is 0.481 e. The van der Waals surface area contributed by atoms with E-state index in [1.807, 2.05) is 6.92 Å². The molecule has 2 rings (SSSR count). The Balaban J connectivity index is 1.88. The van der Waals surface area contributed by atoms with Gasteiger partial charge in [-0.2, -0.15) is 0 Å². The van der Waals surface area contributed by atoms with E-state index in [9.17, 15) is 24.3 Å². The Morgan fingerprint density at radius 3 is 2.22 bits per heavy atom. The van der Waals surface area contributed by atoms with Crippen LogP contribution < -0.4 is 16.2 Å². The minimum absolute atomic E-state index is 0.0950. The third-order valence-corrected chi connectivity index (χ3v) is 4.63. The van der Waals surface area contributed by atoms with Gasteiger partial charge in [0.2, 0.25) is 11.8 Å². The van der Waals surface area contributed by atoms with Crippen LogP contribution in [0.1, 0.15) is 55.8 Å². The van der Waals surface area contributed by atoms with Crippen LogP contribution in [0.4, 0.5) is 5.69 Å². The average molecular weight is 375 g/mol. The molecule has 0 spiro atoms. The highest BCUT2D eigenvalue weighted by Gasteiger charge is 2.35. The van der Waals surface area contributed by atoms with Gasteiger partial charge < -0.3 is 10.4 Å². The fraction of sp³-hybridized carbons (Fsp3) is 0.474. The maximum Gasteiger partial charge on any atom is 0.307 e. The zero-order valence-electron chi connectivity index (χ0n) is 15.3. The van der Waals surface area contributed by atoms with Crippen molar-refractivity contribution >= 4 is 29.4 Å². The normalized spacial score (nSPS) is 19.0. The molecular weight excluding hydrogens is 350 g/mol. The lowest BCUT2D eigenvalue weighted by atomic mass is 9.79. The molecular formula is C19H25N3O5. The van der Waals surface area contributed by atoms with Gasteiger partial charge in [0.25, 0.3) is 5.91 Å². The maximum atomic E-state index is 12.2. The number of aliphatic carboxylic acids is 1. The summed E-state index contributed by atoms with van der Waals surface area (Å²) in [6.45, 7) is 1.91. The molecule has 8 heteroatoms. The summed E-state index contributed by atoms with van der Waals surface area (Å²) in [5.74, 6) is -3.45. The molecule has 1 aliphatic rings. The van der Waals surface area contributed by atoms with Crippen LogP contribution in [0.15, 0.2) is 24.3 Å². The van der Waals surface area contributed by atoms with Crippen molar-refractivity contribution in [2.75, 3.05) is 5.32 Å². The van der Waals surface area contributed by atoms with Crippen molar-refractivity contribution in [2.24, 2.45) is 11.8 Å². The van der Waals surface area contributed by atoms with Gasteiger partial charge >= 0.3 is 5.97 Å². The van der Waals surface area contributed by atoms with Crippen molar-refractivity contribution in [1.82, 2.24) is 10.9 Å². The number of rotatable bonds is 6. The molecule has 2 atom stereocenters. The lowest BCUT2D eigenvalue weighted by Crippen LogP contribution is -2.47. The molecule has 27 heavy (non-hydrogen) atoms. The van der Waals surface area contributed by atoms with E-state index in [-0.39, 0.29) is 5.91 Å². The lowest BCUT2D eigenvalue weighted by Gasteiger charge is -2.27. The van der Waals surface area contributed by atoms with Crippen LogP contribution in [0.5, 0.6) is 0 Å². The zero-order chi connectivity index (χ0) is 19.8. The van der Waals surface area contributed by atoms with E-state index in [0.717, 1.165) is 19.3 Å². The summed E-state index contributed by atoms with van der Waals surface area (Å²) in [6.07, 6.45) is 3.70. The SMILES string of the molecule is CCCC(=O)Nc1ccc(C(=O)NNC(=O)[C@@H]2CCCC[C@@H]2C(=O)O)cc1. The molecule has 0 saturated heterocycles. The number of carboxylic acids is 1. The average Bonchev–Trinajstić information content (AvgIpc) is 2.66. The van der Waals surface area contributed by atoms with Crippen LogP contribution in [0, 0.1) is 11.8 Å². The number of hydrogen-bond acceptors (Lipinski definition) is 4. The summed E-state index contributed by atoms with van der Waals surface area (Å²) >= 11 is 0. The lowest BCUT2D eigenvalue weighted by molar-refractivity contribution is -0.149. The topological polar surface area (TPSA) is 125 Å². The van der Waals surface area contributed by atoms with Gasteiger partial charge in [0.1, 0.15) is 0 Å². The molecule has 1 aromatic rings. The number of hydrazine groups is 1. The number of carbonyl (C=O) groups is 4. The maximum absolute atomic E-state index is 12.2. The van der Waals surface area contributed by atoms with E-state index in [4.69, 9.17) is 0 Å². The van der Waals surface area contributed by atoms with Gasteiger partial charge in [-0.15, -0.1) is 0 Å². The van der Waals surface area contributed by atoms with Crippen LogP contribution in [0.25, 0.3) is 0 Å². The highest BCUT2D eigenvalue weighted by molar-refractivity contribution is 5.97. The van der Waals surface area contributed by atoms with Crippen molar-refractivity contribution < 1.29 is 24.3 Å². The van der Waals surface area contributed by atoms with Crippen LogP contribution >= 0.6 is 0 Å². The van der Waals surface area contributed by atoms with Gasteiger partial charge in [-0.3, -0.25) is 30.0 Å². The summed E-state index contributed by atoms with van der Waals surface area (Å²) in [7, 11) is 0. The van der Waals surface area contributed by atoms with Crippen LogP contribution in [-0.4, -0.2) is 28.8 Å². The molecule has 0 bridgehead atoms. The molecule has 1 saturated carbocycles. The monoisotopic (exact) mass is 375 g/mol. The molecule has 0 radical (unpaired) electrons. The minimum Gasteiger partial charge on any atom is -0.481 e. The van der Waals surface area contributed by atoms with E-state index in [0.29, 0.717) is 30.5 Å². The van der Waals surface area contributed by atoms with E-state index in [2.05, 4.69) is 16.2 Å². The molecule has 1 aromatic carbocycles. The van der Waals surface area contributed by atoms with Crippen LogP contribution in [-0.2, 0) is 14.4 Å². The number of carboxylic acid groups (broad SMARTS) is 1. The number of hydrogen-bond donors (Lipinski definition) is 4. The van der Waals surface area contributed by atoms with Crippen molar-refractivity contribution in [1.29, 1.82) is 0 Å². The highest BCUT2D eigenvalue weighted by atomic mass is 16.4. The first-order valence-corrected chi connectivity index (χ1v) is 9.15. The Morgan fingerprint density at radius 1 is 1.00 bits per heavy atom. The summed E-state index contributed by atoms with van der Waals surface area (Å²) in [5.41, 5.74) is 5.54. The van der Waals surface area contributed by atoms with E-state index in [1.165, 1.54) is 12.1 Å². The fourth-order valence-electron chi connectivity index (χ4n) is 3.18. The quantitative estimate of drug-likeness (QED) is 0.567. The van der Waals surface area contributed by atoms with Gasteiger partial charge in [-0.05, 0) is 43.5 Å². The Morgan fingerprint density at radius 2 is 1.63 bits per heavy atom. The third kappa shape index (κ3) is 5.80. The van der Waals surface area contributed by atoms with E-state index >= 15 is 0 Å². The van der Waals surface area contributed by atoms with Crippen molar-refractivity contribution in [3.63, 3.8) is 0 Å². The van der Waals surface area contributed by atoms with Gasteiger partial charge in [0.15, 0.2) is 0 Å². The summed E-state index contributed by atoms with van der Waals surface area (Å²) < 4.78 is 0. The number of carbonyl (C=O) groups excluding carboxylic acids is 3. The molecule has 3 amide bonds. The molecule has 1 fully saturated rings. The van der Waals surface area contributed by atoms with Crippen molar-refractivity contribution in [3.8, 4) is 0 Å². The molecule has 0 aliphatic heterocycles. The second-order valence-electron chi connectivity index (χ2n) is 6.65. The first kappa shape index (κ1) is 20.4. The Kier molecular flexibility index (Phi) is 7.34. The number of nitrogens with one attached hydrogen (secondary N) is 3. The zero-order valence-corrected chi connectivity index (χ0v) is 15.3. The third-order valence-electron chi connectivity index (χ3n) is 4.63. The Labute approximate surface area is 157 Å². The molecule has 0 unspecified atom stereocenters.